The monoisotopic (exact) mass is 529 g/mol. The van der Waals surface area contributed by atoms with Crippen molar-refractivity contribution in [2.75, 3.05) is 13.2 Å². The summed E-state index contributed by atoms with van der Waals surface area (Å²) in [5.74, 6) is -0.646. The lowest BCUT2D eigenvalue weighted by molar-refractivity contribution is -0.370. The van der Waals surface area contributed by atoms with E-state index in [4.69, 9.17) is 23.7 Å². The third-order valence-corrected chi connectivity index (χ3v) is 6.45. The van der Waals surface area contributed by atoms with Crippen molar-refractivity contribution in [1.82, 2.24) is 5.32 Å². The van der Waals surface area contributed by atoms with Crippen molar-refractivity contribution in [2.45, 2.75) is 106 Å². The molecule has 0 bridgehead atoms. The summed E-state index contributed by atoms with van der Waals surface area (Å²) in [6, 6.07) is -1.42. The molecule has 0 saturated carbocycles. The lowest BCUT2D eigenvalue weighted by atomic mass is 9.94. The fourth-order valence-electron chi connectivity index (χ4n) is 4.40. The number of hydrogen-bond acceptors (Lipinski definition) is 15. The Morgan fingerprint density at radius 1 is 0.722 bits per heavy atom. The van der Waals surface area contributed by atoms with Gasteiger partial charge in [0.15, 0.2) is 18.9 Å². The number of hydrogen-bond donors (Lipinski definition) is 10. The standard InChI is InChI=1S/C20H35NO15/c1-5-10(25)12(27)14(29)19(32-5)35-16-8(4-23)33-18(31)9(21-6(2)24)17(16)36-20-15(30)13(28)11(26)7(3-22)34-20/h5,7-20,22-23,25-31H,3-4H2,1-2H3,(H,21,24)/t5?,7?,8?,9-,10+,11-,12?,13?,14?,15-,16+,17+,18?,19-,20?/m0/s1. The number of aliphatic hydroxyl groups excluding tert-OH is 9. The molecule has 0 aliphatic carbocycles. The molecule has 210 valence electrons. The van der Waals surface area contributed by atoms with E-state index in [0.29, 0.717) is 0 Å². The second-order valence-corrected chi connectivity index (χ2v) is 9.05. The lowest BCUT2D eigenvalue weighted by Crippen LogP contribution is -2.69. The van der Waals surface area contributed by atoms with Crippen LogP contribution in [0.15, 0.2) is 0 Å². The van der Waals surface area contributed by atoms with Crippen molar-refractivity contribution in [1.29, 1.82) is 0 Å². The van der Waals surface area contributed by atoms with Gasteiger partial charge in [0.1, 0.15) is 67.1 Å². The summed E-state index contributed by atoms with van der Waals surface area (Å²) >= 11 is 0. The van der Waals surface area contributed by atoms with Crippen molar-refractivity contribution < 1.29 is 74.4 Å². The van der Waals surface area contributed by atoms with E-state index in [9.17, 15) is 50.8 Å². The summed E-state index contributed by atoms with van der Waals surface area (Å²) in [4.78, 5) is 11.8. The topological polar surface area (TPSA) is 257 Å². The summed E-state index contributed by atoms with van der Waals surface area (Å²) in [5, 5.41) is 93.2. The van der Waals surface area contributed by atoms with Gasteiger partial charge in [-0.1, -0.05) is 0 Å². The molecule has 36 heavy (non-hydrogen) atoms. The van der Waals surface area contributed by atoms with E-state index in [1.165, 1.54) is 6.92 Å². The molecule has 0 aromatic heterocycles. The molecule has 3 rings (SSSR count). The van der Waals surface area contributed by atoms with Crippen LogP contribution in [0.4, 0.5) is 0 Å². The molecule has 8 unspecified atom stereocenters. The Labute approximate surface area is 205 Å². The molecule has 0 aromatic rings. The number of carbonyl (C=O) groups excluding carboxylic acids is 1. The molecule has 3 fully saturated rings. The number of aliphatic hydroxyl groups is 9. The van der Waals surface area contributed by atoms with Gasteiger partial charge in [-0.05, 0) is 6.92 Å². The molecule has 0 aromatic carbocycles. The maximum Gasteiger partial charge on any atom is 0.217 e. The van der Waals surface area contributed by atoms with E-state index < -0.39 is 111 Å². The largest absolute Gasteiger partial charge is 0.394 e. The van der Waals surface area contributed by atoms with Crippen LogP contribution >= 0.6 is 0 Å². The van der Waals surface area contributed by atoms with Crippen LogP contribution in [0, 0.1) is 0 Å². The van der Waals surface area contributed by atoms with Crippen LogP contribution < -0.4 is 5.32 Å². The van der Waals surface area contributed by atoms with Crippen LogP contribution in [0.2, 0.25) is 0 Å². The van der Waals surface area contributed by atoms with Gasteiger partial charge in [0.05, 0.1) is 19.3 Å². The summed E-state index contributed by atoms with van der Waals surface area (Å²) < 4.78 is 27.7. The van der Waals surface area contributed by atoms with Crippen LogP contribution in [-0.4, -0.2) is 157 Å². The van der Waals surface area contributed by atoms with Gasteiger partial charge in [0.2, 0.25) is 5.91 Å². The molecule has 3 aliphatic heterocycles. The molecule has 0 radical (unpaired) electrons. The zero-order valence-electron chi connectivity index (χ0n) is 19.5. The van der Waals surface area contributed by atoms with Crippen LogP contribution in [0.1, 0.15) is 13.8 Å². The molecule has 3 heterocycles. The van der Waals surface area contributed by atoms with Gasteiger partial charge in [0, 0.05) is 6.92 Å². The van der Waals surface area contributed by atoms with Gasteiger partial charge >= 0.3 is 0 Å². The fourth-order valence-corrected chi connectivity index (χ4v) is 4.40. The maximum absolute atomic E-state index is 11.8. The van der Waals surface area contributed by atoms with Gasteiger partial charge in [-0.25, -0.2) is 0 Å². The quantitative estimate of drug-likeness (QED) is 0.147. The zero-order chi connectivity index (χ0) is 26.9. The number of ether oxygens (including phenoxy) is 5. The summed E-state index contributed by atoms with van der Waals surface area (Å²) in [7, 11) is 0. The average Bonchev–Trinajstić information content (AvgIpc) is 2.84. The molecular weight excluding hydrogens is 494 g/mol. The predicted molar refractivity (Wildman–Crippen MR) is 111 cm³/mol. The highest BCUT2D eigenvalue weighted by Gasteiger charge is 2.54. The molecule has 10 N–H and O–H groups in total. The summed E-state index contributed by atoms with van der Waals surface area (Å²) in [6.07, 6.45) is -22.0. The first-order valence-corrected chi connectivity index (χ1v) is 11.4. The number of nitrogens with one attached hydrogen (secondary N) is 1. The molecule has 16 nitrogen and oxygen atoms in total. The Balaban J connectivity index is 1.92. The number of carbonyl (C=O) groups is 1. The van der Waals surface area contributed by atoms with Gasteiger partial charge in [-0.3, -0.25) is 4.79 Å². The minimum atomic E-state index is -1.86. The van der Waals surface area contributed by atoms with E-state index >= 15 is 0 Å². The normalized spacial score (nSPS) is 50.0. The molecular formula is C20H35NO15. The highest BCUT2D eigenvalue weighted by Crippen LogP contribution is 2.32. The third kappa shape index (κ3) is 5.97. The van der Waals surface area contributed by atoms with E-state index in [1.54, 1.807) is 0 Å². The van der Waals surface area contributed by atoms with Crippen LogP contribution in [0.25, 0.3) is 0 Å². The Morgan fingerprint density at radius 2 is 1.25 bits per heavy atom. The van der Waals surface area contributed by atoms with E-state index in [0.717, 1.165) is 6.92 Å². The van der Waals surface area contributed by atoms with Crippen molar-refractivity contribution in [3.05, 3.63) is 0 Å². The molecule has 3 saturated heterocycles. The number of amides is 1. The van der Waals surface area contributed by atoms with Crippen molar-refractivity contribution in [3.8, 4) is 0 Å². The second kappa shape index (κ2) is 12.2. The first-order valence-electron chi connectivity index (χ1n) is 11.4. The summed E-state index contributed by atoms with van der Waals surface area (Å²) in [6.45, 7) is 1.00. The van der Waals surface area contributed by atoms with E-state index in [1.807, 2.05) is 0 Å². The average molecular weight is 529 g/mol. The highest BCUT2D eigenvalue weighted by molar-refractivity contribution is 5.73. The SMILES string of the molecule is CC(=O)N[C@@H]1C(O)OC(CO)[C@@H](O[C@@H]2OC(C)[C@@H](O)C(O)C2O)[C@@H]1OC1OC(CO)[C@H](O)C(O)[C@@H]1O. The van der Waals surface area contributed by atoms with Crippen molar-refractivity contribution in [2.24, 2.45) is 0 Å². The van der Waals surface area contributed by atoms with E-state index in [-0.39, 0.29) is 0 Å². The molecule has 0 spiro atoms. The molecule has 3 aliphatic rings. The first kappa shape index (κ1) is 29.5. The van der Waals surface area contributed by atoms with Crippen LogP contribution in [-0.2, 0) is 28.5 Å². The molecule has 15 atom stereocenters. The minimum Gasteiger partial charge on any atom is -0.394 e. The Bertz CT molecular complexity index is 729. The van der Waals surface area contributed by atoms with Gasteiger partial charge in [-0.15, -0.1) is 0 Å². The fraction of sp³-hybridized carbons (Fsp3) is 0.950. The van der Waals surface area contributed by atoms with E-state index in [2.05, 4.69) is 5.32 Å². The number of rotatable bonds is 7. The van der Waals surface area contributed by atoms with Crippen LogP contribution in [0.3, 0.4) is 0 Å². The predicted octanol–water partition coefficient (Wildman–Crippen LogP) is -6.40. The molecule has 16 heteroatoms. The zero-order valence-corrected chi connectivity index (χ0v) is 19.5. The highest BCUT2D eigenvalue weighted by atomic mass is 16.7. The van der Waals surface area contributed by atoms with Crippen LogP contribution in [0.5, 0.6) is 0 Å². The maximum atomic E-state index is 11.8. The third-order valence-electron chi connectivity index (χ3n) is 6.45. The van der Waals surface area contributed by atoms with Crippen molar-refractivity contribution in [3.63, 3.8) is 0 Å². The minimum absolute atomic E-state index is 0.646. The first-order chi connectivity index (χ1) is 16.9. The molecule has 1 amide bonds. The van der Waals surface area contributed by atoms with Gasteiger partial charge in [0.25, 0.3) is 0 Å². The second-order valence-electron chi connectivity index (χ2n) is 9.05. The van der Waals surface area contributed by atoms with Crippen molar-refractivity contribution >= 4 is 5.91 Å². The lowest BCUT2D eigenvalue weighted by Gasteiger charge is -2.49. The van der Waals surface area contributed by atoms with Gasteiger partial charge in [-0.2, -0.15) is 0 Å². The Morgan fingerprint density at radius 3 is 1.81 bits per heavy atom. The Hall–Kier alpha value is -1.09. The smallest absolute Gasteiger partial charge is 0.217 e. The Kier molecular flexibility index (Phi) is 9.97. The summed E-state index contributed by atoms with van der Waals surface area (Å²) in [5.41, 5.74) is 0. The van der Waals surface area contributed by atoms with Gasteiger partial charge < -0.3 is 75.0 Å².